The zero-order chi connectivity index (χ0) is 48.4. The van der Waals surface area contributed by atoms with Crippen LogP contribution in [0.4, 0.5) is 0 Å². The van der Waals surface area contributed by atoms with E-state index in [1.165, 1.54) is 78.5 Å². The molecular formula is C52H44N2O14. The summed E-state index contributed by atoms with van der Waals surface area (Å²) in [6.45, 7) is 12.4. The van der Waals surface area contributed by atoms with E-state index < -0.39 is 48.0 Å². The van der Waals surface area contributed by atoms with E-state index >= 15 is 0 Å². The van der Waals surface area contributed by atoms with Gasteiger partial charge in [-0.15, -0.1) is 5.10 Å². The Bertz CT molecular complexity index is 2730. The average Bonchev–Trinajstić information content (AvgIpc) is 3.69. The van der Waals surface area contributed by atoms with Crippen LogP contribution in [0.3, 0.4) is 0 Å². The minimum Gasteiger partial charge on any atom is -0.490 e. The quantitative estimate of drug-likeness (QED) is 0.0188. The summed E-state index contributed by atoms with van der Waals surface area (Å²) in [5.41, 5.74) is 5.43. The highest BCUT2D eigenvalue weighted by atomic mass is 16.6. The largest absolute Gasteiger partial charge is 0.490 e. The summed E-state index contributed by atoms with van der Waals surface area (Å²) in [6.07, 6.45) is 9.24. The third-order valence-corrected chi connectivity index (χ3v) is 9.79. The molecule has 0 N–H and O–H groups in total. The van der Waals surface area contributed by atoms with Crippen LogP contribution in [0, 0.1) is 0 Å². The number of fused-ring (bicyclic) bond motifs is 2. The predicted molar refractivity (Wildman–Crippen MR) is 249 cm³/mol. The van der Waals surface area contributed by atoms with Crippen LogP contribution < -0.4 is 18.9 Å². The molecule has 68 heavy (non-hydrogen) atoms. The molecule has 0 saturated carbocycles. The Morgan fingerprint density at radius 2 is 1.10 bits per heavy atom. The minimum atomic E-state index is -0.964. The van der Waals surface area contributed by atoms with E-state index in [0.29, 0.717) is 17.2 Å². The summed E-state index contributed by atoms with van der Waals surface area (Å²) in [5.74, 6) is -3.59. The van der Waals surface area contributed by atoms with Gasteiger partial charge in [-0.2, -0.15) is 5.10 Å². The number of rotatable bonds is 22. The molecule has 2 aliphatic carbocycles. The summed E-state index contributed by atoms with van der Waals surface area (Å²) in [4.78, 5) is 73.6. The van der Waals surface area contributed by atoms with Crippen molar-refractivity contribution >= 4 is 53.3 Å². The van der Waals surface area contributed by atoms with Crippen LogP contribution in [0.5, 0.6) is 23.0 Å². The smallest absolute Gasteiger partial charge is 0.343 e. The third-order valence-electron chi connectivity index (χ3n) is 9.79. The van der Waals surface area contributed by atoms with E-state index in [2.05, 4.69) is 48.7 Å². The van der Waals surface area contributed by atoms with Crippen LogP contribution in [0.2, 0.25) is 0 Å². The third kappa shape index (κ3) is 13.3. The molecule has 16 nitrogen and oxygen atoms in total. The molecule has 2 atom stereocenters. The zero-order valence-electron chi connectivity index (χ0n) is 36.5. The molecule has 0 saturated heterocycles. The van der Waals surface area contributed by atoms with Gasteiger partial charge in [-0.1, -0.05) is 62.7 Å². The maximum Gasteiger partial charge on any atom is 0.343 e. The van der Waals surface area contributed by atoms with Crippen molar-refractivity contribution in [3.05, 3.63) is 187 Å². The fraction of sp³-hybridized carbons (Fsp3) is 0.154. The minimum absolute atomic E-state index is 0.0714. The second kappa shape index (κ2) is 23.8. The van der Waals surface area contributed by atoms with Crippen LogP contribution in [-0.2, 0) is 38.1 Å². The molecule has 2 aliphatic rings. The van der Waals surface area contributed by atoms with Gasteiger partial charge in [-0.25, -0.2) is 28.8 Å². The van der Waals surface area contributed by atoms with Crippen molar-refractivity contribution in [1.82, 2.24) is 0 Å². The average molecular weight is 921 g/mol. The maximum atomic E-state index is 13.5. The molecule has 0 aromatic heterocycles. The lowest BCUT2D eigenvalue weighted by atomic mass is 9.97. The fourth-order valence-electron chi connectivity index (χ4n) is 6.51. The number of carbonyl (C=O) groups excluding carboxylic acids is 6. The summed E-state index contributed by atoms with van der Waals surface area (Å²) in [6, 6.07) is 24.2. The van der Waals surface area contributed by atoms with E-state index in [-0.39, 0.29) is 54.6 Å². The Labute approximate surface area is 390 Å². The highest BCUT2D eigenvalue weighted by Crippen LogP contribution is 2.39. The van der Waals surface area contributed by atoms with Gasteiger partial charge in [0.05, 0.1) is 17.3 Å². The van der Waals surface area contributed by atoms with E-state index in [1.54, 1.807) is 0 Å². The van der Waals surface area contributed by atoms with Gasteiger partial charge in [0.2, 0.25) is 0 Å². The SMILES string of the molecule is C=CC(=O)OCC(COc1ccc(C(=O)Oc2ccc(OC(=O)c3ccc(OCC(COC(=O)C=C)OC(=O)C=C)cc3)c(/C=N/N=C3/C4=C(CCC=C4)c4ccccc43)c2)cc1)OC(=O)C=C. The summed E-state index contributed by atoms with van der Waals surface area (Å²) in [5, 5.41) is 9.02. The number of hydrogen-bond donors (Lipinski definition) is 0. The van der Waals surface area contributed by atoms with E-state index in [4.69, 9.17) is 37.9 Å². The fourth-order valence-corrected chi connectivity index (χ4v) is 6.51. The second-order valence-electron chi connectivity index (χ2n) is 14.4. The van der Waals surface area contributed by atoms with Crippen molar-refractivity contribution in [3.8, 4) is 23.0 Å². The van der Waals surface area contributed by atoms with Crippen LogP contribution in [0.25, 0.3) is 5.57 Å². The Morgan fingerprint density at radius 1 is 0.588 bits per heavy atom. The molecule has 0 bridgehead atoms. The van der Waals surface area contributed by atoms with E-state index in [0.717, 1.165) is 53.8 Å². The summed E-state index contributed by atoms with van der Waals surface area (Å²) >= 11 is 0. The monoisotopic (exact) mass is 920 g/mol. The topological polar surface area (TPSA) is 201 Å². The van der Waals surface area contributed by atoms with Crippen molar-refractivity contribution < 1.29 is 66.7 Å². The van der Waals surface area contributed by atoms with Crippen LogP contribution in [0.15, 0.2) is 170 Å². The van der Waals surface area contributed by atoms with Gasteiger partial charge in [0.15, 0.2) is 12.2 Å². The number of nitrogens with zero attached hydrogens (tertiary/aromatic N) is 2. The maximum absolute atomic E-state index is 13.5. The normalized spacial score (nSPS) is 13.7. The van der Waals surface area contributed by atoms with E-state index in [9.17, 15) is 28.8 Å². The highest BCUT2D eigenvalue weighted by molar-refractivity contribution is 6.25. The number of esters is 6. The first-order valence-corrected chi connectivity index (χ1v) is 20.9. The lowest BCUT2D eigenvalue weighted by molar-refractivity contribution is -0.154. The molecule has 0 spiro atoms. The van der Waals surface area contributed by atoms with Gasteiger partial charge in [-0.3, -0.25) is 0 Å². The molecule has 2 unspecified atom stereocenters. The van der Waals surface area contributed by atoms with Gasteiger partial charge < -0.3 is 37.9 Å². The molecular weight excluding hydrogens is 877 g/mol. The van der Waals surface area contributed by atoms with Gasteiger partial charge in [0, 0.05) is 41.0 Å². The molecule has 0 amide bonds. The highest BCUT2D eigenvalue weighted by Gasteiger charge is 2.27. The van der Waals surface area contributed by atoms with Crippen LogP contribution in [0.1, 0.15) is 50.2 Å². The molecule has 346 valence electrons. The zero-order valence-corrected chi connectivity index (χ0v) is 36.5. The lowest BCUT2D eigenvalue weighted by Gasteiger charge is -2.17. The molecule has 0 aliphatic heterocycles. The molecule has 6 rings (SSSR count). The molecule has 0 fully saturated rings. The molecule has 4 aromatic rings. The van der Waals surface area contributed by atoms with Crippen LogP contribution >= 0.6 is 0 Å². The predicted octanol–water partition coefficient (Wildman–Crippen LogP) is 7.48. The number of allylic oxidation sites excluding steroid dienone is 4. The van der Waals surface area contributed by atoms with Gasteiger partial charge >= 0.3 is 35.8 Å². The second-order valence-corrected chi connectivity index (χ2v) is 14.4. The van der Waals surface area contributed by atoms with Crippen molar-refractivity contribution in [2.45, 2.75) is 25.0 Å². The first kappa shape index (κ1) is 48.5. The molecule has 0 heterocycles. The Balaban J connectivity index is 1.18. The number of hydrogen-bond acceptors (Lipinski definition) is 16. The molecule has 16 heteroatoms. The Hall–Kier alpha value is -8.92. The van der Waals surface area contributed by atoms with E-state index in [1.807, 2.05) is 24.3 Å². The Morgan fingerprint density at radius 3 is 1.65 bits per heavy atom. The molecule has 0 radical (unpaired) electrons. The first-order chi connectivity index (χ1) is 33.0. The van der Waals surface area contributed by atoms with Gasteiger partial charge in [0.1, 0.15) is 55.1 Å². The standard InChI is InChI=1S/C52H44N2O14/c1-5-46(55)63-31-39(65-48(57)7-3)29-61-36-21-17-33(18-22-36)51(59)67-38-25-26-45(35(27-38)28-53-54-50-43-15-11-9-13-41(43)42-14-10-12-16-44(42)50)68-52(60)34-19-23-37(24-20-34)62-30-40(66-49(58)8-4)32-64-47(56)6-2/h5-9,11-13,15-28,39-40H,1-4,10,14,29-32H2/b53-28+,54-50+. The van der Waals surface area contributed by atoms with Crippen molar-refractivity contribution in [3.63, 3.8) is 0 Å². The lowest BCUT2D eigenvalue weighted by Crippen LogP contribution is -2.30. The Kier molecular flexibility index (Phi) is 17.0. The van der Waals surface area contributed by atoms with Crippen LogP contribution in [-0.4, -0.2) is 86.4 Å². The van der Waals surface area contributed by atoms with Gasteiger partial charge in [0.25, 0.3) is 0 Å². The van der Waals surface area contributed by atoms with Gasteiger partial charge in [-0.05, 0) is 90.7 Å². The summed E-state index contributed by atoms with van der Waals surface area (Å²) < 4.78 is 43.4. The van der Waals surface area contributed by atoms with Crippen molar-refractivity contribution in [2.24, 2.45) is 10.2 Å². The number of carbonyl (C=O) groups is 6. The number of benzene rings is 4. The summed E-state index contributed by atoms with van der Waals surface area (Å²) in [7, 11) is 0. The molecule has 4 aromatic carbocycles. The number of ether oxygens (including phenoxy) is 8. The van der Waals surface area contributed by atoms with Crippen molar-refractivity contribution in [1.29, 1.82) is 0 Å². The first-order valence-electron chi connectivity index (χ1n) is 20.9. The van der Waals surface area contributed by atoms with Crippen molar-refractivity contribution in [2.75, 3.05) is 26.4 Å².